The molecule has 0 spiro atoms. The Bertz CT molecular complexity index is 1380. The van der Waals surface area contributed by atoms with Crippen molar-refractivity contribution >= 4 is 28.5 Å². The Hall–Kier alpha value is -4.69. The van der Waals surface area contributed by atoms with E-state index in [4.69, 9.17) is 6.57 Å². The van der Waals surface area contributed by atoms with Gasteiger partial charge in [-0.3, -0.25) is 24.5 Å². The zero-order chi connectivity index (χ0) is 24.1. The van der Waals surface area contributed by atoms with Gasteiger partial charge in [-0.2, -0.15) is 5.26 Å². The van der Waals surface area contributed by atoms with Crippen molar-refractivity contribution in [2.75, 3.05) is 6.67 Å². The molecule has 8 heteroatoms. The first-order chi connectivity index (χ1) is 16.5. The van der Waals surface area contributed by atoms with Gasteiger partial charge in [0.05, 0.1) is 17.2 Å². The highest BCUT2D eigenvalue weighted by Gasteiger charge is 2.46. The second-order valence-electron chi connectivity index (χ2n) is 8.02. The smallest absolute Gasteiger partial charge is 0.314 e. The molecule has 4 rings (SSSR count). The van der Waals surface area contributed by atoms with Crippen molar-refractivity contribution in [2.24, 2.45) is 0 Å². The monoisotopic (exact) mass is 451 g/mol. The molecule has 3 N–H and O–H groups in total. The van der Waals surface area contributed by atoms with E-state index in [1.165, 1.54) is 0 Å². The van der Waals surface area contributed by atoms with E-state index in [-0.39, 0.29) is 19.1 Å². The summed E-state index contributed by atoms with van der Waals surface area (Å²) in [6, 6.07) is 20.4. The van der Waals surface area contributed by atoms with Crippen LogP contribution in [-0.4, -0.2) is 24.4 Å². The number of rotatable bonds is 6. The molecule has 0 atom stereocenters. The topological polar surface area (TPSA) is 115 Å². The highest BCUT2D eigenvalue weighted by molar-refractivity contribution is 6.35. The molecular weight excluding hydrogens is 430 g/mol. The molecule has 1 fully saturated rings. The summed E-state index contributed by atoms with van der Waals surface area (Å²) in [5.41, 5.74) is 1.99. The molecule has 34 heavy (non-hydrogen) atoms. The maximum absolute atomic E-state index is 13.3. The van der Waals surface area contributed by atoms with Gasteiger partial charge < -0.3 is 10.6 Å². The van der Waals surface area contributed by atoms with Crippen LogP contribution in [-0.2, 0) is 21.7 Å². The number of amides is 3. The highest BCUT2D eigenvalue weighted by Crippen LogP contribution is 2.48. The van der Waals surface area contributed by atoms with Crippen molar-refractivity contribution in [1.29, 1.82) is 5.26 Å². The minimum atomic E-state index is -0.900. The van der Waals surface area contributed by atoms with E-state index in [9.17, 15) is 19.6 Å². The van der Waals surface area contributed by atoms with E-state index < -0.39 is 17.4 Å². The molecule has 168 valence electrons. The van der Waals surface area contributed by atoms with Crippen LogP contribution in [0.1, 0.15) is 39.9 Å². The summed E-state index contributed by atoms with van der Waals surface area (Å²) in [6.07, 6.45) is 1.55. The summed E-state index contributed by atoms with van der Waals surface area (Å²) in [5.74, 6) is -2.06. The molecule has 0 aromatic heterocycles. The number of hydrogen-bond acceptors (Lipinski definition) is 4. The van der Waals surface area contributed by atoms with Gasteiger partial charge in [-0.15, -0.1) is 0 Å². The van der Waals surface area contributed by atoms with Crippen molar-refractivity contribution in [1.82, 2.24) is 16.0 Å². The summed E-state index contributed by atoms with van der Waals surface area (Å²) in [6.45, 7) is 6.38. The Morgan fingerprint density at radius 1 is 0.941 bits per heavy atom. The fraction of sp³-hybridized carbons (Fsp3) is 0.192. The number of fused-ring (bicyclic) bond motifs is 1. The Morgan fingerprint density at radius 2 is 1.65 bits per heavy atom. The average Bonchev–Trinajstić information content (AvgIpc) is 3.65. The molecule has 0 radical (unpaired) electrons. The number of carbonyl (C=O) groups excluding carboxylic acids is 3. The Kier molecular flexibility index (Phi) is 6.24. The molecule has 1 saturated carbocycles. The van der Waals surface area contributed by atoms with Gasteiger partial charge in [-0.25, -0.2) is 6.57 Å². The lowest BCUT2D eigenvalue weighted by Crippen LogP contribution is -2.40. The third-order valence-corrected chi connectivity index (χ3v) is 5.89. The Balaban J connectivity index is 1.54. The van der Waals surface area contributed by atoms with Crippen LogP contribution in [0.3, 0.4) is 0 Å². The SMILES string of the molecule is [C-]#[N+]CNC(=O)C(=O)NCc1ccccc1C(=O)NC1(c2cccc3c(C#N)cccc23)CC1. The largest absolute Gasteiger partial charge is 0.344 e. The molecular formula is C26H21N5O3. The van der Waals surface area contributed by atoms with Crippen molar-refractivity contribution in [3.63, 3.8) is 0 Å². The third kappa shape index (κ3) is 4.43. The lowest BCUT2D eigenvalue weighted by molar-refractivity contribution is -0.139. The summed E-state index contributed by atoms with van der Waals surface area (Å²) in [5, 5.41) is 19.1. The van der Waals surface area contributed by atoms with Crippen molar-refractivity contribution in [2.45, 2.75) is 24.9 Å². The second-order valence-corrected chi connectivity index (χ2v) is 8.02. The van der Waals surface area contributed by atoms with Crippen LogP contribution in [0.25, 0.3) is 15.6 Å². The summed E-state index contributed by atoms with van der Waals surface area (Å²) >= 11 is 0. The van der Waals surface area contributed by atoms with Gasteiger partial charge in [0.2, 0.25) is 0 Å². The summed E-state index contributed by atoms with van der Waals surface area (Å²) < 4.78 is 0. The number of benzene rings is 3. The third-order valence-electron chi connectivity index (χ3n) is 5.89. The van der Waals surface area contributed by atoms with Crippen molar-refractivity contribution < 1.29 is 14.4 Å². The molecule has 1 aliphatic carbocycles. The molecule has 3 aromatic carbocycles. The van der Waals surface area contributed by atoms with Gasteiger partial charge in [-0.05, 0) is 46.9 Å². The average molecular weight is 451 g/mol. The molecule has 0 unspecified atom stereocenters. The molecule has 1 aliphatic rings. The normalized spacial score (nSPS) is 13.2. The number of nitrogens with one attached hydrogen (secondary N) is 3. The summed E-state index contributed by atoms with van der Waals surface area (Å²) in [4.78, 5) is 39.9. The molecule has 0 bridgehead atoms. The number of hydrogen-bond donors (Lipinski definition) is 3. The van der Waals surface area contributed by atoms with Crippen LogP contribution in [0.4, 0.5) is 0 Å². The molecule has 0 aliphatic heterocycles. The number of nitriles is 1. The first kappa shape index (κ1) is 22.5. The van der Waals surface area contributed by atoms with E-state index in [1.54, 1.807) is 30.3 Å². The lowest BCUT2D eigenvalue weighted by Gasteiger charge is -2.21. The Labute approximate surface area is 196 Å². The number of nitrogens with zero attached hydrogens (tertiary/aromatic N) is 2. The maximum atomic E-state index is 13.3. The van der Waals surface area contributed by atoms with Crippen LogP contribution in [0.2, 0.25) is 0 Å². The van der Waals surface area contributed by atoms with Gasteiger partial charge in [0, 0.05) is 12.1 Å². The summed E-state index contributed by atoms with van der Waals surface area (Å²) in [7, 11) is 0. The minimum Gasteiger partial charge on any atom is -0.344 e. The number of carbonyl (C=O) groups is 3. The molecule has 0 heterocycles. The van der Waals surface area contributed by atoms with Crippen molar-refractivity contribution in [3.8, 4) is 6.07 Å². The van der Waals surface area contributed by atoms with E-state index in [0.29, 0.717) is 16.7 Å². The van der Waals surface area contributed by atoms with Crippen LogP contribution < -0.4 is 16.0 Å². The minimum absolute atomic E-state index is 0.0132. The van der Waals surface area contributed by atoms with E-state index >= 15 is 0 Å². The van der Waals surface area contributed by atoms with Crippen LogP contribution in [0.5, 0.6) is 0 Å². The first-order valence-electron chi connectivity index (χ1n) is 10.7. The van der Waals surface area contributed by atoms with Crippen LogP contribution >= 0.6 is 0 Å². The predicted molar refractivity (Wildman–Crippen MR) is 125 cm³/mol. The Morgan fingerprint density at radius 3 is 2.38 bits per heavy atom. The van der Waals surface area contributed by atoms with Crippen molar-refractivity contribution in [3.05, 3.63) is 94.3 Å². The van der Waals surface area contributed by atoms with Gasteiger partial charge in [0.25, 0.3) is 12.6 Å². The maximum Gasteiger partial charge on any atom is 0.314 e. The molecule has 0 saturated heterocycles. The quantitative estimate of drug-likeness (QED) is 0.395. The molecule has 8 nitrogen and oxygen atoms in total. The fourth-order valence-corrected chi connectivity index (χ4v) is 4.04. The zero-order valence-corrected chi connectivity index (χ0v) is 18.2. The second kappa shape index (κ2) is 9.43. The predicted octanol–water partition coefficient (Wildman–Crippen LogP) is 2.74. The first-order valence-corrected chi connectivity index (χ1v) is 10.7. The van der Waals surface area contributed by atoms with Gasteiger partial charge in [0.15, 0.2) is 0 Å². The van der Waals surface area contributed by atoms with Crippen LogP contribution in [0, 0.1) is 17.9 Å². The standard InChI is InChI=1S/C26H21N5O3/c1-28-16-30-25(34)24(33)29-15-18-6-2-3-8-20(18)23(32)31-26(12-13-26)22-11-5-9-19-17(14-27)7-4-10-21(19)22/h2-11H,12-13,15-16H2,(H,29,33)(H,30,34)(H,31,32). The van der Waals surface area contributed by atoms with E-state index in [1.807, 2.05) is 30.3 Å². The fourth-order valence-electron chi connectivity index (χ4n) is 4.04. The molecule has 3 aromatic rings. The van der Waals surface area contributed by atoms with Gasteiger partial charge in [-0.1, -0.05) is 48.5 Å². The van der Waals surface area contributed by atoms with Gasteiger partial charge >= 0.3 is 11.8 Å². The van der Waals surface area contributed by atoms with E-state index in [0.717, 1.165) is 29.2 Å². The molecule has 3 amide bonds. The highest BCUT2D eigenvalue weighted by atomic mass is 16.2. The van der Waals surface area contributed by atoms with Gasteiger partial charge in [0.1, 0.15) is 0 Å². The van der Waals surface area contributed by atoms with E-state index in [2.05, 4.69) is 26.9 Å². The zero-order valence-electron chi connectivity index (χ0n) is 18.2. The van der Waals surface area contributed by atoms with Crippen LogP contribution in [0.15, 0.2) is 60.7 Å². The lowest BCUT2D eigenvalue weighted by atomic mass is 9.94.